The number of aromatic amines is 1. The van der Waals surface area contributed by atoms with Crippen molar-refractivity contribution in [2.24, 2.45) is 0 Å². The van der Waals surface area contributed by atoms with Crippen LogP contribution in [0.2, 0.25) is 0 Å². The number of methoxy groups -OCH3 is 1. The number of aromatic nitrogens is 1. The van der Waals surface area contributed by atoms with Crippen molar-refractivity contribution in [2.75, 3.05) is 13.7 Å². The first-order chi connectivity index (χ1) is 14.9. The van der Waals surface area contributed by atoms with Gasteiger partial charge in [0.1, 0.15) is 17.7 Å². The zero-order chi connectivity index (χ0) is 22.0. The molecule has 1 aromatic heterocycles. The summed E-state index contributed by atoms with van der Waals surface area (Å²) < 4.78 is 32.4. The maximum absolute atomic E-state index is 14.6. The molecular weight excluding hydrogens is 397 g/mol. The lowest BCUT2D eigenvalue weighted by Gasteiger charge is -2.39. The van der Waals surface area contributed by atoms with Crippen LogP contribution in [0.3, 0.4) is 0 Å². The lowest BCUT2D eigenvalue weighted by Crippen LogP contribution is -2.39. The van der Waals surface area contributed by atoms with Gasteiger partial charge in [-0.3, -0.25) is 4.79 Å². The maximum Gasteiger partial charge on any atom is 0.248 e. The summed E-state index contributed by atoms with van der Waals surface area (Å²) in [5.41, 5.74) is 1.79. The Morgan fingerprint density at radius 1 is 1.23 bits per heavy atom. The Balaban J connectivity index is 1.65. The third kappa shape index (κ3) is 4.50. The Labute approximate surface area is 181 Å². The fraction of sp³-hybridized carbons (Fsp3) is 0.400. The zero-order valence-electron chi connectivity index (χ0n) is 18.1. The van der Waals surface area contributed by atoms with E-state index in [1.165, 1.54) is 18.2 Å². The number of benzene rings is 2. The van der Waals surface area contributed by atoms with E-state index in [1.54, 1.807) is 13.2 Å². The van der Waals surface area contributed by atoms with Crippen LogP contribution in [0, 0.1) is 5.82 Å². The summed E-state index contributed by atoms with van der Waals surface area (Å²) in [6.45, 7) is 4.60. The number of nitrogens with one attached hydrogen (secondary N) is 1. The van der Waals surface area contributed by atoms with E-state index < -0.39 is 5.60 Å². The van der Waals surface area contributed by atoms with Crippen LogP contribution in [0.15, 0.2) is 53.3 Å². The minimum atomic E-state index is -0.589. The number of rotatable bonds is 6. The molecule has 2 heterocycles. The zero-order valence-corrected chi connectivity index (χ0v) is 18.1. The van der Waals surface area contributed by atoms with Crippen LogP contribution in [0.4, 0.5) is 4.39 Å². The molecule has 4 rings (SSSR count). The van der Waals surface area contributed by atoms with E-state index >= 15 is 0 Å². The molecule has 2 aromatic carbocycles. The first kappa shape index (κ1) is 21.5. The van der Waals surface area contributed by atoms with Gasteiger partial charge in [-0.05, 0) is 60.2 Å². The molecule has 6 heteroatoms. The average Bonchev–Trinajstić information content (AvgIpc) is 2.76. The van der Waals surface area contributed by atoms with Crippen LogP contribution >= 0.6 is 0 Å². The smallest absolute Gasteiger partial charge is 0.248 e. The van der Waals surface area contributed by atoms with Crippen molar-refractivity contribution in [3.05, 3.63) is 75.8 Å². The van der Waals surface area contributed by atoms with Crippen molar-refractivity contribution in [3.8, 4) is 5.75 Å². The Hall–Kier alpha value is -2.70. The Morgan fingerprint density at radius 3 is 2.81 bits per heavy atom. The van der Waals surface area contributed by atoms with Gasteiger partial charge >= 0.3 is 0 Å². The summed E-state index contributed by atoms with van der Waals surface area (Å²) >= 11 is 0. The number of halogens is 1. The Bertz CT molecular complexity index is 1130. The molecule has 3 unspecified atom stereocenters. The molecule has 1 aliphatic heterocycles. The van der Waals surface area contributed by atoms with Gasteiger partial charge in [0.15, 0.2) is 0 Å². The molecule has 0 radical (unpaired) electrons. The molecule has 3 atom stereocenters. The fourth-order valence-corrected chi connectivity index (χ4v) is 4.43. The summed E-state index contributed by atoms with van der Waals surface area (Å²) in [5, 5.41) is 0.925. The summed E-state index contributed by atoms with van der Waals surface area (Å²) in [6.07, 6.45) is 1.82. The largest absolute Gasteiger partial charge is 0.486 e. The number of ether oxygens (including phenoxy) is 3. The first-order valence-electron chi connectivity index (χ1n) is 10.7. The Kier molecular flexibility index (Phi) is 6.12. The van der Waals surface area contributed by atoms with Crippen LogP contribution in [0.25, 0.3) is 10.9 Å². The minimum Gasteiger partial charge on any atom is -0.486 e. The molecule has 0 saturated carbocycles. The second-order valence-electron chi connectivity index (χ2n) is 8.19. The highest BCUT2D eigenvalue weighted by atomic mass is 19.1. The van der Waals surface area contributed by atoms with Gasteiger partial charge in [0.05, 0.1) is 18.3 Å². The van der Waals surface area contributed by atoms with Crippen LogP contribution < -0.4 is 10.3 Å². The van der Waals surface area contributed by atoms with Gasteiger partial charge in [-0.15, -0.1) is 0 Å². The van der Waals surface area contributed by atoms with Crippen LogP contribution in [0.1, 0.15) is 50.3 Å². The molecule has 0 spiro atoms. The number of fused-ring (bicyclic) bond motifs is 1. The predicted molar refractivity (Wildman–Crippen MR) is 118 cm³/mol. The lowest BCUT2D eigenvalue weighted by molar-refractivity contribution is -0.122. The molecule has 0 amide bonds. The van der Waals surface area contributed by atoms with Crippen LogP contribution in [-0.4, -0.2) is 24.8 Å². The van der Waals surface area contributed by atoms with Gasteiger partial charge in [0.2, 0.25) is 5.56 Å². The van der Waals surface area contributed by atoms with E-state index in [0.717, 1.165) is 22.0 Å². The van der Waals surface area contributed by atoms with E-state index in [4.69, 9.17) is 14.2 Å². The quantitative estimate of drug-likeness (QED) is 0.587. The van der Waals surface area contributed by atoms with Crippen molar-refractivity contribution in [2.45, 2.75) is 50.9 Å². The molecule has 1 N–H and O–H groups in total. The van der Waals surface area contributed by atoms with E-state index in [9.17, 15) is 9.18 Å². The monoisotopic (exact) mass is 425 g/mol. The minimum absolute atomic E-state index is 0.0359. The second kappa shape index (κ2) is 8.81. The van der Waals surface area contributed by atoms with Crippen molar-refractivity contribution >= 4 is 10.9 Å². The molecule has 0 bridgehead atoms. The van der Waals surface area contributed by atoms with Crippen LogP contribution in [0.5, 0.6) is 5.75 Å². The topological polar surface area (TPSA) is 60.6 Å². The lowest BCUT2D eigenvalue weighted by atomic mass is 9.83. The third-order valence-corrected chi connectivity index (χ3v) is 6.08. The average molecular weight is 426 g/mol. The summed E-state index contributed by atoms with van der Waals surface area (Å²) in [6, 6.07) is 13.9. The number of pyridine rings is 1. The second-order valence-corrected chi connectivity index (χ2v) is 8.19. The first-order valence-corrected chi connectivity index (χ1v) is 10.7. The number of hydrogen-bond acceptors (Lipinski definition) is 4. The molecule has 0 aliphatic carbocycles. The Morgan fingerprint density at radius 2 is 2.06 bits per heavy atom. The molecule has 31 heavy (non-hydrogen) atoms. The molecule has 1 saturated heterocycles. The normalized spacial score (nSPS) is 22.4. The van der Waals surface area contributed by atoms with E-state index in [-0.39, 0.29) is 23.6 Å². The summed E-state index contributed by atoms with van der Waals surface area (Å²) in [5.74, 6) is 0.119. The van der Waals surface area contributed by atoms with Gasteiger partial charge in [0, 0.05) is 37.6 Å². The molecular formula is C25H28FNO4. The highest BCUT2D eigenvalue weighted by Crippen LogP contribution is 2.40. The van der Waals surface area contributed by atoms with Gasteiger partial charge in [0.25, 0.3) is 0 Å². The SMILES string of the molecule is CCC(Oc1cc(F)cc(C2(OC)CCOC(C)C2)c1)c1ccc2[nH]c(=O)ccc2c1. The molecule has 3 aromatic rings. The number of hydrogen-bond donors (Lipinski definition) is 1. The van der Waals surface area contributed by atoms with Crippen molar-refractivity contribution in [1.82, 2.24) is 4.98 Å². The molecule has 164 valence electrons. The van der Waals surface area contributed by atoms with Gasteiger partial charge < -0.3 is 19.2 Å². The summed E-state index contributed by atoms with van der Waals surface area (Å²) in [7, 11) is 1.66. The van der Waals surface area contributed by atoms with E-state index in [1.807, 2.05) is 38.1 Å². The standard InChI is InChI=1S/C25H28FNO4/c1-4-23(18-5-7-22-17(11-18)6-8-24(28)27-22)31-21-13-19(12-20(26)14-21)25(29-3)9-10-30-16(2)15-25/h5-8,11-14,16,23H,4,9-10,15H2,1-3H3,(H,27,28). The molecule has 1 aliphatic rings. The fourth-order valence-electron chi connectivity index (χ4n) is 4.43. The highest BCUT2D eigenvalue weighted by molar-refractivity contribution is 5.79. The predicted octanol–water partition coefficient (Wildman–Crippen LogP) is 5.24. The van der Waals surface area contributed by atoms with Crippen molar-refractivity contribution < 1.29 is 18.6 Å². The van der Waals surface area contributed by atoms with E-state index in [2.05, 4.69) is 4.98 Å². The third-order valence-electron chi connectivity index (χ3n) is 6.08. The van der Waals surface area contributed by atoms with Gasteiger partial charge in [-0.1, -0.05) is 13.0 Å². The summed E-state index contributed by atoms with van der Waals surface area (Å²) in [4.78, 5) is 14.3. The highest BCUT2D eigenvalue weighted by Gasteiger charge is 2.38. The number of H-pyrrole nitrogens is 1. The van der Waals surface area contributed by atoms with E-state index in [0.29, 0.717) is 31.6 Å². The van der Waals surface area contributed by atoms with Gasteiger partial charge in [-0.25, -0.2) is 4.39 Å². The molecule has 1 fully saturated rings. The molecule has 5 nitrogen and oxygen atoms in total. The van der Waals surface area contributed by atoms with Crippen molar-refractivity contribution in [3.63, 3.8) is 0 Å². The van der Waals surface area contributed by atoms with Gasteiger partial charge in [-0.2, -0.15) is 0 Å². The maximum atomic E-state index is 14.6. The van der Waals surface area contributed by atoms with Crippen molar-refractivity contribution in [1.29, 1.82) is 0 Å². The van der Waals surface area contributed by atoms with Crippen LogP contribution in [-0.2, 0) is 15.1 Å².